The summed E-state index contributed by atoms with van der Waals surface area (Å²) in [5, 5.41) is 3.48. The molecular weight excluding hydrogens is 546 g/mol. The summed E-state index contributed by atoms with van der Waals surface area (Å²) >= 11 is 6.44. The number of carbonyl (C=O) groups is 1. The van der Waals surface area contributed by atoms with Crippen LogP contribution in [0.5, 0.6) is 0 Å². The zero-order chi connectivity index (χ0) is 28.4. The fourth-order valence-corrected chi connectivity index (χ4v) is 8.33. The van der Waals surface area contributed by atoms with E-state index < -0.39 is 22.0 Å². The Bertz CT molecular complexity index is 1420. The van der Waals surface area contributed by atoms with Crippen molar-refractivity contribution in [2.45, 2.75) is 37.4 Å². The van der Waals surface area contributed by atoms with Gasteiger partial charge >= 0.3 is 0 Å². The van der Waals surface area contributed by atoms with Crippen molar-refractivity contribution in [1.82, 2.24) is 24.0 Å². The van der Waals surface area contributed by atoms with Gasteiger partial charge in [0.25, 0.3) is 0 Å². The Morgan fingerprint density at radius 2 is 1.70 bits per heavy atom. The van der Waals surface area contributed by atoms with Crippen molar-refractivity contribution in [2.24, 2.45) is 5.92 Å². The molecular formula is C30H38ClN5O3S. The number of aromatic nitrogens is 1. The number of fused-ring (bicyclic) bond motifs is 1. The van der Waals surface area contributed by atoms with Crippen LogP contribution in [0.1, 0.15) is 35.8 Å². The Morgan fingerprint density at radius 1 is 0.975 bits per heavy atom. The van der Waals surface area contributed by atoms with Crippen LogP contribution in [0.2, 0.25) is 5.02 Å². The average Bonchev–Trinajstić information content (AvgIpc) is 3.42. The molecule has 1 amide bonds. The monoisotopic (exact) mass is 583 g/mol. The Kier molecular flexibility index (Phi) is 8.68. The van der Waals surface area contributed by atoms with Crippen molar-refractivity contribution >= 4 is 27.5 Å². The van der Waals surface area contributed by atoms with E-state index in [-0.39, 0.29) is 28.4 Å². The number of likely N-dealkylation sites (N-methyl/N-ethyl adjacent to an activating group) is 1. The highest BCUT2D eigenvalue weighted by molar-refractivity contribution is 7.89. The second kappa shape index (κ2) is 12.0. The van der Waals surface area contributed by atoms with Gasteiger partial charge in [0.05, 0.1) is 23.0 Å². The number of rotatable bonds is 8. The molecule has 0 radical (unpaired) electrons. The molecule has 0 aliphatic carbocycles. The fraction of sp³-hybridized carbons (Fsp3) is 0.433. The van der Waals surface area contributed by atoms with Crippen LogP contribution in [-0.2, 0) is 21.4 Å². The third kappa shape index (κ3) is 5.85. The highest BCUT2D eigenvalue weighted by Gasteiger charge is 2.43. The minimum Gasteiger partial charge on any atom is -0.349 e. The Labute approximate surface area is 242 Å². The molecule has 1 aromatic heterocycles. The molecule has 3 aromatic rings. The Balaban J connectivity index is 1.45. The minimum atomic E-state index is -3.99. The molecule has 8 nitrogen and oxygen atoms in total. The molecule has 1 fully saturated rings. The summed E-state index contributed by atoms with van der Waals surface area (Å²) in [5.74, 6) is -0.830. The summed E-state index contributed by atoms with van der Waals surface area (Å²) in [7, 11) is -1.86. The molecule has 0 saturated carbocycles. The van der Waals surface area contributed by atoms with E-state index in [9.17, 15) is 13.2 Å². The standard InChI is InChI=1S/C30H38ClN5O3S/c1-22-9-7-12-25(31)29(22)40(38,39)36-20-19-35-14-8-13-27(35)28(36)23(2)30(37)32-26(24-10-5-4-6-11-24)21-34-17-15-33(3)16-18-34/h4-14,23,26,28H,15-21H2,1-3H3,(H,32,37). The first-order valence-corrected chi connectivity index (χ1v) is 15.7. The summed E-state index contributed by atoms with van der Waals surface area (Å²) in [6.45, 7) is 8.86. The predicted molar refractivity (Wildman–Crippen MR) is 158 cm³/mol. The number of hydrogen-bond donors (Lipinski definition) is 1. The van der Waals surface area contributed by atoms with Crippen molar-refractivity contribution in [1.29, 1.82) is 0 Å². The van der Waals surface area contributed by atoms with Gasteiger partial charge in [0.1, 0.15) is 4.90 Å². The van der Waals surface area contributed by atoms with Gasteiger partial charge in [-0.2, -0.15) is 4.31 Å². The van der Waals surface area contributed by atoms with Crippen LogP contribution in [0.3, 0.4) is 0 Å². The third-order valence-electron chi connectivity index (χ3n) is 8.21. The average molecular weight is 584 g/mol. The van der Waals surface area contributed by atoms with Gasteiger partial charge in [-0.1, -0.05) is 61.0 Å². The lowest BCUT2D eigenvalue weighted by atomic mass is 9.95. The van der Waals surface area contributed by atoms with Gasteiger partial charge in [-0.25, -0.2) is 8.42 Å². The van der Waals surface area contributed by atoms with Crippen LogP contribution in [0.15, 0.2) is 71.8 Å². The lowest BCUT2D eigenvalue weighted by molar-refractivity contribution is -0.127. The zero-order valence-corrected chi connectivity index (χ0v) is 24.9. The number of nitrogens with one attached hydrogen (secondary N) is 1. The number of piperazine rings is 1. The molecule has 5 rings (SSSR count). The van der Waals surface area contributed by atoms with Crippen LogP contribution in [0.4, 0.5) is 0 Å². The second-order valence-electron chi connectivity index (χ2n) is 10.9. The van der Waals surface area contributed by atoms with Crippen molar-refractivity contribution in [3.63, 3.8) is 0 Å². The molecule has 3 unspecified atom stereocenters. The fourth-order valence-electron chi connectivity index (χ4n) is 5.88. The minimum absolute atomic E-state index is 0.103. The number of carbonyl (C=O) groups excluding carboxylic acids is 1. The van der Waals surface area contributed by atoms with Gasteiger partial charge < -0.3 is 14.8 Å². The smallest absolute Gasteiger partial charge is 0.245 e. The first-order chi connectivity index (χ1) is 19.2. The van der Waals surface area contributed by atoms with Gasteiger partial charge in [-0.3, -0.25) is 9.69 Å². The SMILES string of the molecule is Cc1cccc(Cl)c1S(=O)(=O)N1CCn2cccc2C1C(C)C(=O)NC(CN1CCN(C)CC1)c1ccccc1. The second-order valence-corrected chi connectivity index (χ2v) is 13.2. The first kappa shape index (κ1) is 28.8. The van der Waals surface area contributed by atoms with Crippen LogP contribution >= 0.6 is 11.6 Å². The van der Waals surface area contributed by atoms with Crippen LogP contribution in [0.25, 0.3) is 0 Å². The topological polar surface area (TPSA) is 77.9 Å². The molecule has 2 aliphatic heterocycles. The summed E-state index contributed by atoms with van der Waals surface area (Å²) in [6, 6.07) is 18.0. The molecule has 3 atom stereocenters. The lowest BCUT2D eigenvalue weighted by Gasteiger charge is -2.40. The van der Waals surface area contributed by atoms with Crippen LogP contribution in [0, 0.1) is 12.8 Å². The highest BCUT2D eigenvalue weighted by atomic mass is 35.5. The number of sulfonamides is 1. The maximum Gasteiger partial charge on any atom is 0.245 e. The number of amides is 1. The number of halogens is 1. The van der Waals surface area contributed by atoms with Crippen LogP contribution < -0.4 is 5.32 Å². The van der Waals surface area contributed by atoms with Gasteiger partial charge in [0.15, 0.2) is 0 Å². The number of benzene rings is 2. The van der Waals surface area contributed by atoms with Gasteiger partial charge in [-0.05, 0) is 43.3 Å². The van der Waals surface area contributed by atoms with Gasteiger partial charge in [0.2, 0.25) is 15.9 Å². The Morgan fingerprint density at radius 3 is 2.40 bits per heavy atom. The molecule has 0 spiro atoms. The summed E-state index contributed by atoms with van der Waals surface area (Å²) in [4.78, 5) is 18.8. The van der Waals surface area contributed by atoms with E-state index in [1.54, 1.807) is 25.1 Å². The van der Waals surface area contributed by atoms with Crippen molar-refractivity contribution in [2.75, 3.05) is 46.3 Å². The highest BCUT2D eigenvalue weighted by Crippen LogP contribution is 2.39. The Hall–Kier alpha value is -2.69. The summed E-state index contributed by atoms with van der Waals surface area (Å²) in [6.07, 6.45) is 1.94. The number of hydrogen-bond acceptors (Lipinski definition) is 5. The van der Waals surface area contributed by atoms with Gasteiger partial charge in [-0.15, -0.1) is 0 Å². The summed E-state index contributed by atoms with van der Waals surface area (Å²) in [5.41, 5.74) is 2.42. The van der Waals surface area contributed by atoms with Crippen molar-refractivity contribution in [3.05, 3.63) is 88.7 Å². The largest absolute Gasteiger partial charge is 0.349 e. The third-order valence-corrected chi connectivity index (χ3v) is 10.7. The first-order valence-electron chi connectivity index (χ1n) is 13.8. The molecule has 2 aromatic carbocycles. The molecule has 10 heteroatoms. The van der Waals surface area contributed by atoms with Crippen molar-refractivity contribution < 1.29 is 13.2 Å². The molecule has 214 valence electrons. The molecule has 1 saturated heterocycles. The van der Waals surface area contributed by atoms with E-state index >= 15 is 0 Å². The number of nitrogens with zero attached hydrogens (tertiary/aromatic N) is 4. The van der Waals surface area contributed by atoms with E-state index in [4.69, 9.17) is 11.6 Å². The maximum absolute atomic E-state index is 14.1. The van der Waals surface area contributed by atoms with E-state index in [2.05, 4.69) is 22.2 Å². The maximum atomic E-state index is 14.1. The normalized spacial score (nSPS) is 20.6. The van der Waals surface area contributed by atoms with Gasteiger partial charge in [0, 0.05) is 57.7 Å². The van der Waals surface area contributed by atoms with Crippen molar-refractivity contribution in [3.8, 4) is 0 Å². The quantitative estimate of drug-likeness (QED) is 0.435. The van der Waals surface area contributed by atoms with E-state index in [0.717, 1.165) is 37.4 Å². The molecule has 3 heterocycles. The molecule has 1 N–H and O–H groups in total. The number of aryl methyl sites for hydroxylation is 1. The molecule has 2 aliphatic rings. The van der Waals surface area contributed by atoms with E-state index in [0.29, 0.717) is 18.7 Å². The summed E-state index contributed by atoms with van der Waals surface area (Å²) < 4.78 is 31.8. The van der Waals surface area contributed by atoms with E-state index in [1.807, 2.05) is 60.2 Å². The van der Waals surface area contributed by atoms with Crippen LogP contribution in [-0.4, -0.2) is 79.3 Å². The predicted octanol–water partition coefficient (Wildman–Crippen LogP) is 3.94. The lowest BCUT2D eigenvalue weighted by Crippen LogP contribution is -2.50. The molecule has 0 bridgehead atoms. The van der Waals surface area contributed by atoms with E-state index in [1.165, 1.54) is 4.31 Å². The molecule has 40 heavy (non-hydrogen) atoms. The zero-order valence-electron chi connectivity index (χ0n) is 23.3.